The van der Waals surface area contributed by atoms with Crippen LogP contribution in [0.4, 0.5) is 5.69 Å². The van der Waals surface area contributed by atoms with Crippen molar-refractivity contribution in [1.82, 2.24) is 5.32 Å². The summed E-state index contributed by atoms with van der Waals surface area (Å²) in [7, 11) is 1.35. The second-order valence-corrected chi connectivity index (χ2v) is 17.1. The molecule has 15 nitrogen and oxygen atoms in total. The summed E-state index contributed by atoms with van der Waals surface area (Å²) >= 11 is 0. The Kier molecular flexibility index (Phi) is 13.8. The fraction of sp³-hybridized carbons (Fsp3) is 0.294. The van der Waals surface area contributed by atoms with Gasteiger partial charge in [-0.15, -0.1) is 0 Å². The normalized spacial score (nSPS) is 19.9. The van der Waals surface area contributed by atoms with Crippen LogP contribution in [0, 0.1) is 24.2 Å². The molecule has 4 aliphatic carbocycles. The van der Waals surface area contributed by atoms with Crippen LogP contribution in [0.25, 0.3) is 0 Å². The van der Waals surface area contributed by atoms with Crippen molar-refractivity contribution in [3.63, 3.8) is 0 Å². The zero-order chi connectivity index (χ0) is 47.2. The summed E-state index contributed by atoms with van der Waals surface area (Å²) in [5.74, 6) is -4.80. The Hall–Kier alpha value is -7.68. The first-order chi connectivity index (χ1) is 31.6. The molecule has 0 aromatic heterocycles. The molecule has 0 saturated heterocycles. The van der Waals surface area contributed by atoms with Crippen molar-refractivity contribution in [2.24, 2.45) is 17.3 Å². The Bertz CT molecular complexity index is 2650. The summed E-state index contributed by atoms with van der Waals surface area (Å²) < 4.78 is 28.5. The minimum absolute atomic E-state index is 0.0178. The molecule has 15 heteroatoms. The van der Waals surface area contributed by atoms with Crippen molar-refractivity contribution in [1.29, 1.82) is 0 Å². The number of hydrogen-bond donors (Lipinski definition) is 2. The first-order valence-corrected chi connectivity index (χ1v) is 21.3. The number of aryl methyl sites for hydroxylation is 1. The van der Waals surface area contributed by atoms with E-state index in [2.05, 4.69) is 23.8 Å². The van der Waals surface area contributed by atoms with Crippen molar-refractivity contribution in [3.8, 4) is 11.5 Å². The van der Waals surface area contributed by atoms with Gasteiger partial charge < -0.3 is 34.3 Å². The maximum atomic E-state index is 14.1. The predicted molar refractivity (Wildman–Crippen MR) is 238 cm³/mol. The first kappa shape index (κ1) is 46.3. The highest BCUT2D eigenvalue weighted by molar-refractivity contribution is 6.12. The number of ether oxygens (including phenoxy) is 5. The van der Waals surface area contributed by atoms with Gasteiger partial charge >= 0.3 is 23.9 Å². The quantitative estimate of drug-likeness (QED) is 0.0562. The summed E-state index contributed by atoms with van der Waals surface area (Å²) in [6.07, 6.45) is 6.76. The van der Waals surface area contributed by atoms with Crippen molar-refractivity contribution < 1.29 is 62.0 Å². The summed E-state index contributed by atoms with van der Waals surface area (Å²) in [6, 6.07) is 21.2. The maximum Gasteiger partial charge on any atom is 0.339 e. The van der Waals surface area contributed by atoms with E-state index >= 15 is 0 Å². The number of carbonyl (C=O) groups excluding carboxylic acids is 8. The number of ketones is 2. The molecule has 0 aliphatic heterocycles. The molecule has 4 saturated carbocycles. The van der Waals surface area contributed by atoms with Gasteiger partial charge in [0, 0.05) is 18.2 Å². The van der Waals surface area contributed by atoms with Gasteiger partial charge in [0.2, 0.25) is 0 Å². The van der Waals surface area contributed by atoms with Crippen LogP contribution in [0.5, 0.6) is 11.5 Å². The van der Waals surface area contributed by atoms with Crippen LogP contribution in [0.15, 0.2) is 110 Å². The monoisotopic (exact) mass is 896 g/mol. The molecule has 0 radical (unpaired) electrons. The molecular weight excluding hydrogens is 849 g/mol. The van der Waals surface area contributed by atoms with E-state index in [0.29, 0.717) is 36.7 Å². The lowest BCUT2D eigenvalue weighted by molar-refractivity contribution is -0.177. The molecule has 2 unspecified atom stereocenters. The van der Waals surface area contributed by atoms with E-state index in [-0.39, 0.29) is 63.0 Å². The number of nitrogens with one attached hydrogen (secondary N) is 2. The van der Waals surface area contributed by atoms with Gasteiger partial charge in [-0.05, 0) is 136 Å². The van der Waals surface area contributed by atoms with Gasteiger partial charge in [0.05, 0.1) is 40.0 Å². The number of carbonyl (C=O) groups is 8. The standard InChI is InChI=1S/C51H48N2O13/c1-5-36(54)26-62-48(60)40-15-13-38(20-42(40)44(56)52-4)65-39-14-16-41(49(61)63-27-37(55)6-2)43(21-39)45(57)53-35-12-8-11-34(19-35)47(59)66-51-24-31-18-32(25-51)23-50(22-31,28-51)29-64-46(58)33-10-7-9-30(3)17-33/h5-17,19-21,31-32H,1-2,18,22-29H2,3-4H3,(H,52,56)(H,53,57). The molecule has 2 amide bonds. The fourth-order valence-electron chi connectivity index (χ4n) is 9.63. The van der Waals surface area contributed by atoms with Crippen LogP contribution in [0.3, 0.4) is 0 Å². The van der Waals surface area contributed by atoms with E-state index in [9.17, 15) is 38.4 Å². The number of hydrogen-bond acceptors (Lipinski definition) is 13. The molecular formula is C51H48N2O13. The van der Waals surface area contributed by atoms with Gasteiger partial charge in [-0.2, -0.15) is 0 Å². The van der Waals surface area contributed by atoms with Crippen LogP contribution in [0.1, 0.15) is 106 Å². The number of anilines is 1. The van der Waals surface area contributed by atoms with Gasteiger partial charge in [-0.1, -0.05) is 36.9 Å². The van der Waals surface area contributed by atoms with E-state index in [0.717, 1.165) is 37.0 Å². The van der Waals surface area contributed by atoms with Crippen LogP contribution >= 0.6 is 0 Å². The minimum Gasteiger partial charge on any atom is -0.462 e. The molecule has 340 valence electrons. The first-order valence-electron chi connectivity index (χ1n) is 21.3. The average molecular weight is 897 g/mol. The highest BCUT2D eigenvalue weighted by Crippen LogP contribution is 2.63. The number of benzene rings is 4. The number of rotatable bonds is 18. The molecule has 8 rings (SSSR count). The molecule has 66 heavy (non-hydrogen) atoms. The Morgan fingerprint density at radius 3 is 1.76 bits per heavy atom. The lowest BCUT2D eigenvalue weighted by Crippen LogP contribution is -2.58. The number of amides is 2. The molecule has 0 heterocycles. The van der Waals surface area contributed by atoms with Crippen molar-refractivity contribution in [2.75, 3.05) is 32.2 Å². The molecule has 4 aromatic carbocycles. The molecule has 2 N–H and O–H groups in total. The van der Waals surface area contributed by atoms with Crippen LogP contribution in [-0.4, -0.2) is 79.7 Å². The fourth-order valence-corrected chi connectivity index (χ4v) is 9.63. The summed E-state index contributed by atoms with van der Waals surface area (Å²) in [4.78, 5) is 103. The van der Waals surface area contributed by atoms with E-state index < -0.39 is 60.1 Å². The Labute approximate surface area is 380 Å². The molecule has 4 fully saturated rings. The average Bonchev–Trinajstić information content (AvgIpc) is 3.30. The second-order valence-electron chi connectivity index (χ2n) is 17.1. The van der Waals surface area contributed by atoms with Crippen LogP contribution in [-0.2, 0) is 28.5 Å². The van der Waals surface area contributed by atoms with E-state index in [1.54, 1.807) is 30.3 Å². The van der Waals surface area contributed by atoms with Crippen LogP contribution in [0.2, 0.25) is 0 Å². The van der Waals surface area contributed by atoms with Gasteiger partial charge in [-0.3, -0.25) is 19.2 Å². The zero-order valence-electron chi connectivity index (χ0n) is 36.5. The minimum atomic E-state index is -1.00. The van der Waals surface area contributed by atoms with E-state index in [4.69, 9.17) is 23.7 Å². The maximum absolute atomic E-state index is 14.1. The third-order valence-electron chi connectivity index (χ3n) is 12.1. The Morgan fingerprint density at radius 1 is 0.636 bits per heavy atom. The third-order valence-corrected chi connectivity index (χ3v) is 12.1. The van der Waals surface area contributed by atoms with Gasteiger partial charge in [0.25, 0.3) is 11.8 Å². The van der Waals surface area contributed by atoms with Crippen LogP contribution < -0.4 is 15.4 Å². The summed E-state index contributed by atoms with van der Waals surface area (Å²) in [5.41, 5.74) is -0.000791. The Morgan fingerprint density at radius 2 is 1.20 bits per heavy atom. The van der Waals surface area contributed by atoms with Crippen molar-refractivity contribution in [2.45, 2.75) is 51.0 Å². The van der Waals surface area contributed by atoms with E-state index in [1.807, 2.05) is 19.1 Å². The highest BCUT2D eigenvalue weighted by atomic mass is 16.6. The third kappa shape index (κ3) is 10.6. The largest absolute Gasteiger partial charge is 0.462 e. The SMILES string of the molecule is C=CC(=O)COC(=O)c1ccc(Oc2ccc(C(=O)OCC(=O)C=C)c(C(=O)Nc3cccc(C(=O)OC45CC6CC(CC(COC(=O)c7cccc(C)c7)(C6)C4)C5)c3)c2)cc1C(=O)NC. The van der Waals surface area contributed by atoms with Crippen molar-refractivity contribution >= 4 is 52.9 Å². The lowest BCUT2D eigenvalue weighted by Gasteiger charge is -2.60. The predicted octanol–water partition coefficient (Wildman–Crippen LogP) is 7.58. The molecule has 4 aromatic rings. The van der Waals surface area contributed by atoms with Gasteiger partial charge in [0.15, 0.2) is 24.8 Å². The van der Waals surface area contributed by atoms with Gasteiger partial charge in [-0.25, -0.2) is 19.2 Å². The summed E-state index contributed by atoms with van der Waals surface area (Å²) in [6.45, 7) is 7.65. The zero-order valence-corrected chi connectivity index (χ0v) is 36.5. The Balaban J connectivity index is 1.08. The molecule has 0 spiro atoms. The lowest BCUT2D eigenvalue weighted by atomic mass is 9.48. The highest BCUT2D eigenvalue weighted by Gasteiger charge is 2.60. The summed E-state index contributed by atoms with van der Waals surface area (Å²) in [5, 5.41) is 5.16. The number of esters is 4. The molecule has 2 atom stereocenters. The van der Waals surface area contributed by atoms with Crippen molar-refractivity contribution in [3.05, 3.63) is 149 Å². The molecule has 4 aliphatic rings. The van der Waals surface area contributed by atoms with Gasteiger partial charge in [0.1, 0.15) is 17.1 Å². The van der Waals surface area contributed by atoms with E-state index in [1.165, 1.54) is 49.5 Å². The second kappa shape index (κ2) is 19.6. The smallest absolute Gasteiger partial charge is 0.339 e. The molecule has 4 bridgehead atoms. The topological polar surface area (TPSA) is 207 Å².